The minimum absolute atomic E-state index is 0. The van der Waals surface area contributed by atoms with Crippen molar-refractivity contribution in [3.05, 3.63) is 53.3 Å². The van der Waals surface area contributed by atoms with E-state index in [1.165, 1.54) is 0 Å². The van der Waals surface area contributed by atoms with Crippen molar-refractivity contribution in [3.63, 3.8) is 0 Å². The number of rotatable bonds is 5. The van der Waals surface area contributed by atoms with Crippen LogP contribution in [0.25, 0.3) is 0 Å². The van der Waals surface area contributed by atoms with Crippen LogP contribution in [0, 0.1) is 0 Å². The number of piperazine rings is 1. The Morgan fingerprint density at radius 2 is 1.81 bits per heavy atom. The molecule has 0 spiro atoms. The summed E-state index contributed by atoms with van der Waals surface area (Å²) in [7, 11) is 0. The number of hydrogen-bond acceptors (Lipinski definition) is 4. The van der Waals surface area contributed by atoms with E-state index in [1.807, 2.05) is 24.3 Å². The molecule has 146 valence electrons. The van der Waals surface area contributed by atoms with E-state index < -0.39 is 0 Å². The summed E-state index contributed by atoms with van der Waals surface area (Å²) in [4.78, 5) is 18.0. The van der Waals surface area contributed by atoms with Gasteiger partial charge in [0, 0.05) is 56.7 Å². The highest BCUT2D eigenvalue weighted by Crippen LogP contribution is 2.15. The van der Waals surface area contributed by atoms with Crippen LogP contribution in [-0.2, 0) is 6.42 Å². The molecule has 6 nitrogen and oxygen atoms in total. The van der Waals surface area contributed by atoms with E-state index in [9.17, 15) is 0 Å². The Morgan fingerprint density at radius 3 is 2.48 bits per heavy atom. The number of anilines is 1. The Hall–Kier alpha value is -1.61. The number of halogens is 2. The average Bonchev–Trinajstić information content (AvgIpc) is 2.69. The summed E-state index contributed by atoms with van der Waals surface area (Å²) in [5.74, 6) is 1.76. The number of aromatic nitrogens is 2. The number of benzene rings is 1. The lowest BCUT2D eigenvalue weighted by atomic mass is 10.1. The Labute approximate surface area is 183 Å². The second-order valence-corrected chi connectivity index (χ2v) is 6.51. The summed E-state index contributed by atoms with van der Waals surface area (Å²) in [5.41, 5.74) is 1.14. The minimum atomic E-state index is 0. The summed E-state index contributed by atoms with van der Waals surface area (Å²) in [6.45, 7) is 7.24. The van der Waals surface area contributed by atoms with Crippen LogP contribution in [0.4, 0.5) is 5.95 Å². The fourth-order valence-electron chi connectivity index (χ4n) is 2.98. The zero-order chi connectivity index (χ0) is 18.2. The molecule has 2 aromatic rings. The molecule has 0 unspecified atom stereocenters. The van der Waals surface area contributed by atoms with E-state index in [4.69, 9.17) is 16.6 Å². The third kappa shape index (κ3) is 6.21. The lowest BCUT2D eigenvalue weighted by Crippen LogP contribution is -2.53. The summed E-state index contributed by atoms with van der Waals surface area (Å²) in [6, 6.07) is 9.80. The molecule has 0 saturated carbocycles. The molecular formula is C19H26ClIN6. The maximum atomic E-state index is 6.23. The van der Waals surface area contributed by atoms with E-state index >= 15 is 0 Å². The fraction of sp³-hybridized carbons (Fsp3) is 0.421. The highest BCUT2D eigenvalue weighted by Gasteiger charge is 2.20. The predicted octanol–water partition coefficient (Wildman–Crippen LogP) is 3.08. The van der Waals surface area contributed by atoms with Gasteiger partial charge >= 0.3 is 0 Å². The van der Waals surface area contributed by atoms with Crippen LogP contribution in [-0.4, -0.2) is 60.1 Å². The summed E-state index contributed by atoms with van der Waals surface area (Å²) in [6.07, 6.45) is 4.41. The molecule has 27 heavy (non-hydrogen) atoms. The quantitative estimate of drug-likeness (QED) is 0.388. The van der Waals surface area contributed by atoms with Crippen molar-refractivity contribution in [2.24, 2.45) is 4.99 Å². The Balaban J connectivity index is 0.00000261. The lowest BCUT2D eigenvalue weighted by Gasteiger charge is -2.36. The molecule has 1 aliphatic rings. The van der Waals surface area contributed by atoms with Gasteiger partial charge in [0.25, 0.3) is 0 Å². The molecule has 0 aliphatic carbocycles. The van der Waals surface area contributed by atoms with Gasteiger partial charge in [-0.15, -0.1) is 24.0 Å². The number of aliphatic imine (C=N–C) groups is 1. The maximum absolute atomic E-state index is 6.23. The molecule has 3 rings (SSSR count). The summed E-state index contributed by atoms with van der Waals surface area (Å²) >= 11 is 6.23. The normalized spacial score (nSPS) is 14.7. The first-order valence-electron chi connectivity index (χ1n) is 9.06. The van der Waals surface area contributed by atoms with Crippen molar-refractivity contribution in [1.82, 2.24) is 20.2 Å². The van der Waals surface area contributed by atoms with Gasteiger partial charge in [-0.1, -0.05) is 29.8 Å². The highest BCUT2D eigenvalue weighted by atomic mass is 127. The van der Waals surface area contributed by atoms with Crippen molar-refractivity contribution in [3.8, 4) is 0 Å². The Morgan fingerprint density at radius 1 is 1.11 bits per heavy atom. The number of nitrogens with one attached hydrogen (secondary N) is 1. The Bertz CT molecular complexity index is 719. The second kappa shape index (κ2) is 11.3. The van der Waals surface area contributed by atoms with Crippen LogP contribution in [0.1, 0.15) is 12.5 Å². The van der Waals surface area contributed by atoms with Crippen molar-refractivity contribution >= 4 is 47.5 Å². The van der Waals surface area contributed by atoms with Gasteiger partial charge in [-0.25, -0.2) is 9.97 Å². The number of hydrogen-bond donors (Lipinski definition) is 1. The highest BCUT2D eigenvalue weighted by molar-refractivity contribution is 14.0. The van der Waals surface area contributed by atoms with E-state index in [2.05, 4.69) is 38.1 Å². The van der Waals surface area contributed by atoms with Crippen LogP contribution < -0.4 is 10.2 Å². The first-order valence-corrected chi connectivity index (χ1v) is 9.44. The van der Waals surface area contributed by atoms with Crippen molar-refractivity contribution in [1.29, 1.82) is 0 Å². The van der Waals surface area contributed by atoms with Gasteiger partial charge < -0.3 is 15.1 Å². The zero-order valence-electron chi connectivity index (χ0n) is 15.5. The van der Waals surface area contributed by atoms with Crippen molar-refractivity contribution < 1.29 is 0 Å². The monoisotopic (exact) mass is 500 g/mol. The van der Waals surface area contributed by atoms with Crippen molar-refractivity contribution in [2.45, 2.75) is 13.3 Å². The molecule has 8 heteroatoms. The third-order valence-corrected chi connectivity index (χ3v) is 4.72. The van der Waals surface area contributed by atoms with Gasteiger partial charge in [0.15, 0.2) is 5.96 Å². The van der Waals surface area contributed by atoms with Crippen LogP contribution in [0.3, 0.4) is 0 Å². The first kappa shape index (κ1) is 21.7. The van der Waals surface area contributed by atoms with Crippen molar-refractivity contribution in [2.75, 3.05) is 44.2 Å². The molecule has 0 bridgehead atoms. The molecule has 1 fully saturated rings. The van der Waals surface area contributed by atoms with Crippen LogP contribution in [0.2, 0.25) is 5.02 Å². The molecule has 1 aliphatic heterocycles. The second-order valence-electron chi connectivity index (χ2n) is 6.10. The number of guanidine groups is 1. The van der Waals surface area contributed by atoms with E-state index in [-0.39, 0.29) is 24.0 Å². The van der Waals surface area contributed by atoms with Crippen LogP contribution >= 0.6 is 35.6 Å². The SMILES string of the molecule is CCNC(=NCCc1ccccc1Cl)N1CCN(c2ncccn2)CC1.I. The van der Waals surface area contributed by atoms with Crippen LogP contribution in [0.5, 0.6) is 0 Å². The smallest absolute Gasteiger partial charge is 0.225 e. The predicted molar refractivity (Wildman–Crippen MR) is 122 cm³/mol. The topological polar surface area (TPSA) is 56.7 Å². The molecule has 0 atom stereocenters. The Kier molecular flexibility index (Phi) is 9.06. The molecule has 2 heterocycles. The van der Waals surface area contributed by atoms with Gasteiger partial charge in [-0.3, -0.25) is 4.99 Å². The largest absolute Gasteiger partial charge is 0.357 e. The minimum Gasteiger partial charge on any atom is -0.357 e. The third-order valence-electron chi connectivity index (χ3n) is 4.35. The van der Waals surface area contributed by atoms with Gasteiger partial charge in [0.1, 0.15) is 0 Å². The average molecular weight is 501 g/mol. The zero-order valence-corrected chi connectivity index (χ0v) is 18.6. The van der Waals surface area contributed by atoms with Gasteiger partial charge in [0.2, 0.25) is 5.95 Å². The molecular weight excluding hydrogens is 475 g/mol. The molecule has 1 aromatic carbocycles. The molecule has 0 amide bonds. The lowest BCUT2D eigenvalue weighted by molar-refractivity contribution is 0.370. The van der Waals surface area contributed by atoms with E-state index in [1.54, 1.807) is 12.4 Å². The first-order chi connectivity index (χ1) is 12.8. The van der Waals surface area contributed by atoms with E-state index in [0.29, 0.717) is 6.54 Å². The summed E-state index contributed by atoms with van der Waals surface area (Å²) < 4.78 is 0. The number of nitrogens with zero attached hydrogens (tertiary/aromatic N) is 5. The van der Waals surface area contributed by atoms with Gasteiger partial charge in [-0.05, 0) is 31.0 Å². The maximum Gasteiger partial charge on any atom is 0.225 e. The molecule has 1 N–H and O–H groups in total. The molecule has 0 radical (unpaired) electrons. The van der Waals surface area contributed by atoms with Gasteiger partial charge in [0.05, 0.1) is 0 Å². The molecule has 1 saturated heterocycles. The van der Waals surface area contributed by atoms with Crippen LogP contribution in [0.15, 0.2) is 47.7 Å². The van der Waals surface area contributed by atoms with Gasteiger partial charge in [-0.2, -0.15) is 0 Å². The standard InChI is InChI=1S/C19H25ClN6.HI/c1-2-21-18(24-11-8-16-6-3-4-7-17(16)20)25-12-14-26(15-13-25)19-22-9-5-10-23-19;/h3-7,9-10H,2,8,11-15H2,1H3,(H,21,24);1H. The molecule has 1 aromatic heterocycles. The fourth-order valence-corrected chi connectivity index (χ4v) is 3.21. The van der Waals surface area contributed by atoms with E-state index in [0.717, 1.165) is 61.6 Å². The summed E-state index contributed by atoms with van der Waals surface area (Å²) in [5, 5.41) is 4.21.